The molecule has 0 fully saturated rings. The lowest BCUT2D eigenvalue weighted by atomic mass is 9.91. The van der Waals surface area contributed by atoms with Crippen LogP contribution in [-0.2, 0) is 6.42 Å². The van der Waals surface area contributed by atoms with Gasteiger partial charge in [0.05, 0.1) is 11.6 Å². The number of aromatic amines is 1. The third-order valence-electron chi connectivity index (χ3n) is 5.59. The van der Waals surface area contributed by atoms with Gasteiger partial charge in [0.2, 0.25) is 0 Å². The number of nitrogens with zero attached hydrogens (tertiary/aromatic N) is 1. The number of benzene rings is 3. The van der Waals surface area contributed by atoms with Crippen LogP contribution in [0.5, 0.6) is 0 Å². The summed E-state index contributed by atoms with van der Waals surface area (Å²) in [5.74, 6) is -1.26. The Bertz CT molecular complexity index is 1210. The van der Waals surface area contributed by atoms with Crippen molar-refractivity contribution in [2.75, 3.05) is 6.54 Å². The predicted molar refractivity (Wildman–Crippen MR) is 108 cm³/mol. The number of carbonyl (C=O) groups is 1. The average molecular weight is 388 g/mol. The number of hydrogen-bond acceptors (Lipinski definition) is 1. The van der Waals surface area contributed by atoms with E-state index in [1.165, 1.54) is 24.3 Å². The molecule has 1 amide bonds. The first kappa shape index (κ1) is 17.6. The lowest BCUT2D eigenvalue weighted by Crippen LogP contribution is -2.41. The molecule has 1 N–H and O–H groups in total. The first-order valence-electron chi connectivity index (χ1n) is 9.54. The zero-order valence-corrected chi connectivity index (χ0v) is 15.5. The van der Waals surface area contributed by atoms with Crippen molar-refractivity contribution in [3.63, 3.8) is 0 Å². The molecule has 0 bridgehead atoms. The minimum atomic E-state index is -0.544. The zero-order chi connectivity index (χ0) is 20.0. The third kappa shape index (κ3) is 2.90. The minimum absolute atomic E-state index is 0.0409. The fourth-order valence-corrected chi connectivity index (χ4v) is 4.24. The van der Waals surface area contributed by atoms with Crippen molar-refractivity contribution < 1.29 is 13.6 Å². The molecule has 1 aliphatic rings. The summed E-state index contributed by atoms with van der Waals surface area (Å²) >= 11 is 0. The molecule has 1 unspecified atom stereocenters. The Kier molecular flexibility index (Phi) is 4.16. The second-order valence-corrected chi connectivity index (χ2v) is 7.25. The van der Waals surface area contributed by atoms with E-state index in [4.69, 9.17) is 0 Å². The number of rotatable bonds is 2. The van der Waals surface area contributed by atoms with Crippen LogP contribution in [0.25, 0.3) is 10.9 Å². The van der Waals surface area contributed by atoms with Crippen LogP contribution in [0.1, 0.15) is 33.2 Å². The molecule has 29 heavy (non-hydrogen) atoms. The average Bonchev–Trinajstić information content (AvgIpc) is 3.12. The molecule has 3 aromatic carbocycles. The highest BCUT2D eigenvalue weighted by Crippen LogP contribution is 2.39. The number of H-pyrrole nitrogens is 1. The van der Waals surface area contributed by atoms with Crippen LogP contribution >= 0.6 is 0 Å². The largest absolute Gasteiger partial charge is 0.356 e. The molecule has 0 saturated carbocycles. The Morgan fingerprint density at radius 3 is 2.45 bits per heavy atom. The van der Waals surface area contributed by atoms with Gasteiger partial charge in [-0.2, -0.15) is 0 Å². The summed E-state index contributed by atoms with van der Waals surface area (Å²) in [7, 11) is 0. The second kappa shape index (κ2) is 6.85. The maximum absolute atomic E-state index is 14.3. The van der Waals surface area contributed by atoms with Gasteiger partial charge in [-0.05, 0) is 47.9 Å². The second-order valence-electron chi connectivity index (χ2n) is 7.25. The normalized spacial score (nSPS) is 16.1. The van der Waals surface area contributed by atoms with Crippen molar-refractivity contribution >= 4 is 16.8 Å². The summed E-state index contributed by atoms with van der Waals surface area (Å²) in [6.45, 7) is 0.448. The van der Waals surface area contributed by atoms with Gasteiger partial charge in [-0.3, -0.25) is 4.79 Å². The van der Waals surface area contributed by atoms with Crippen LogP contribution < -0.4 is 0 Å². The first-order chi connectivity index (χ1) is 14.1. The summed E-state index contributed by atoms with van der Waals surface area (Å²) in [6, 6.07) is 19.7. The molecule has 4 aromatic rings. The maximum atomic E-state index is 14.3. The number of hydrogen-bond donors (Lipinski definition) is 1. The van der Waals surface area contributed by atoms with E-state index >= 15 is 0 Å². The number of aromatic nitrogens is 1. The van der Waals surface area contributed by atoms with Crippen LogP contribution in [-0.4, -0.2) is 22.3 Å². The molecule has 0 saturated heterocycles. The third-order valence-corrected chi connectivity index (χ3v) is 5.59. The number of carbonyl (C=O) groups excluding carboxylic acids is 1. The Morgan fingerprint density at radius 2 is 1.66 bits per heavy atom. The van der Waals surface area contributed by atoms with Crippen molar-refractivity contribution in [3.05, 3.63) is 107 Å². The molecule has 5 heteroatoms. The summed E-state index contributed by atoms with van der Waals surface area (Å²) < 4.78 is 27.9. The number of amides is 1. The molecule has 1 atom stereocenters. The Hall–Kier alpha value is -3.47. The number of fused-ring (bicyclic) bond motifs is 3. The van der Waals surface area contributed by atoms with Crippen molar-refractivity contribution in [3.8, 4) is 0 Å². The Morgan fingerprint density at radius 1 is 0.931 bits per heavy atom. The van der Waals surface area contributed by atoms with Gasteiger partial charge in [-0.15, -0.1) is 0 Å². The molecule has 0 spiro atoms. The van der Waals surface area contributed by atoms with E-state index in [0.717, 1.165) is 27.7 Å². The summed E-state index contributed by atoms with van der Waals surface area (Å²) in [5.41, 5.74) is 3.86. The molecule has 1 aliphatic heterocycles. The van der Waals surface area contributed by atoms with Crippen molar-refractivity contribution in [1.29, 1.82) is 0 Å². The number of para-hydroxylation sites is 1. The molecule has 144 valence electrons. The summed E-state index contributed by atoms with van der Waals surface area (Å²) in [5, 5.41) is 1.12. The molecule has 5 rings (SSSR count). The summed E-state index contributed by atoms with van der Waals surface area (Å²) in [6.07, 6.45) is 0.664. The first-order valence-corrected chi connectivity index (χ1v) is 9.54. The van der Waals surface area contributed by atoms with Gasteiger partial charge in [0.25, 0.3) is 5.91 Å². The fraction of sp³-hybridized carbons (Fsp3) is 0.125. The van der Waals surface area contributed by atoms with E-state index < -0.39 is 11.9 Å². The Balaban J connectivity index is 1.68. The SMILES string of the molecule is O=C(c1ccccc1F)N1CCc2c([nH]c3ccccc23)C1c1ccc(F)cc1. The molecule has 1 aromatic heterocycles. The van der Waals surface area contributed by atoms with Gasteiger partial charge in [0.15, 0.2) is 0 Å². The Labute approximate surface area is 166 Å². The lowest BCUT2D eigenvalue weighted by Gasteiger charge is -2.36. The zero-order valence-electron chi connectivity index (χ0n) is 15.5. The van der Waals surface area contributed by atoms with E-state index in [9.17, 15) is 13.6 Å². The van der Waals surface area contributed by atoms with Crippen molar-refractivity contribution in [2.24, 2.45) is 0 Å². The maximum Gasteiger partial charge on any atom is 0.257 e. The molecule has 0 radical (unpaired) electrons. The smallest absolute Gasteiger partial charge is 0.257 e. The monoisotopic (exact) mass is 388 g/mol. The predicted octanol–water partition coefficient (Wildman–Crippen LogP) is 5.23. The van der Waals surface area contributed by atoms with Gasteiger partial charge in [-0.25, -0.2) is 8.78 Å². The standard InChI is InChI=1S/C24H18F2N2O/c25-16-11-9-15(10-12-16)23-22-18(17-5-2-4-8-21(17)27-22)13-14-28(23)24(29)19-6-1-3-7-20(19)26/h1-12,23,27H,13-14H2. The van der Waals surface area contributed by atoms with Gasteiger partial charge in [0, 0.05) is 23.1 Å². The molecule has 3 nitrogen and oxygen atoms in total. The molecule has 2 heterocycles. The van der Waals surface area contributed by atoms with Crippen molar-refractivity contribution in [2.45, 2.75) is 12.5 Å². The quantitative estimate of drug-likeness (QED) is 0.501. The summed E-state index contributed by atoms with van der Waals surface area (Å²) in [4.78, 5) is 18.4. The van der Waals surface area contributed by atoms with Crippen LogP contribution in [0, 0.1) is 11.6 Å². The van der Waals surface area contributed by atoms with E-state index in [0.29, 0.717) is 13.0 Å². The highest BCUT2D eigenvalue weighted by molar-refractivity contribution is 5.96. The van der Waals surface area contributed by atoms with Crippen LogP contribution in [0.15, 0.2) is 72.8 Å². The van der Waals surface area contributed by atoms with Gasteiger partial charge in [0.1, 0.15) is 11.6 Å². The lowest BCUT2D eigenvalue weighted by molar-refractivity contribution is 0.0687. The van der Waals surface area contributed by atoms with E-state index in [-0.39, 0.29) is 17.3 Å². The van der Waals surface area contributed by atoms with Crippen LogP contribution in [0.4, 0.5) is 8.78 Å². The van der Waals surface area contributed by atoms with E-state index in [2.05, 4.69) is 11.1 Å². The number of halogens is 2. The fourth-order valence-electron chi connectivity index (χ4n) is 4.24. The number of nitrogens with one attached hydrogen (secondary N) is 1. The van der Waals surface area contributed by atoms with Gasteiger partial charge < -0.3 is 9.88 Å². The van der Waals surface area contributed by atoms with Gasteiger partial charge >= 0.3 is 0 Å². The molecule has 0 aliphatic carbocycles. The molecular weight excluding hydrogens is 370 g/mol. The van der Waals surface area contributed by atoms with E-state index in [1.807, 2.05) is 18.2 Å². The van der Waals surface area contributed by atoms with Crippen LogP contribution in [0.2, 0.25) is 0 Å². The topological polar surface area (TPSA) is 36.1 Å². The minimum Gasteiger partial charge on any atom is -0.356 e. The van der Waals surface area contributed by atoms with Crippen molar-refractivity contribution in [1.82, 2.24) is 9.88 Å². The highest BCUT2D eigenvalue weighted by atomic mass is 19.1. The van der Waals surface area contributed by atoms with E-state index in [1.54, 1.807) is 29.2 Å². The van der Waals surface area contributed by atoms with Crippen LogP contribution in [0.3, 0.4) is 0 Å². The highest BCUT2D eigenvalue weighted by Gasteiger charge is 2.35. The molecular formula is C24H18F2N2O. The van der Waals surface area contributed by atoms with Gasteiger partial charge in [-0.1, -0.05) is 42.5 Å².